The first-order valence-electron chi connectivity index (χ1n) is 10.5. The van der Waals surface area contributed by atoms with Crippen molar-refractivity contribution in [1.82, 2.24) is 9.80 Å². The molecule has 172 valence electrons. The number of rotatable bonds is 4. The lowest BCUT2D eigenvalue weighted by Gasteiger charge is -2.37. The number of benzene rings is 1. The minimum absolute atomic E-state index is 0.173. The monoisotopic (exact) mass is 436 g/mol. The van der Waals surface area contributed by atoms with E-state index in [1.807, 2.05) is 12.1 Å². The van der Waals surface area contributed by atoms with Crippen LogP contribution in [0.5, 0.6) is 11.5 Å². The molecule has 1 aromatic carbocycles. The van der Waals surface area contributed by atoms with Gasteiger partial charge in [0.15, 0.2) is 11.5 Å². The van der Waals surface area contributed by atoms with Crippen LogP contribution >= 0.6 is 0 Å². The number of carboxylic acids is 2. The van der Waals surface area contributed by atoms with Gasteiger partial charge in [0, 0.05) is 25.6 Å². The Bertz CT molecular complexity index is 763. The maximum atomic E-state index is 12.7. The van der Waals surface area contributed by atoms with Crippen LogP contribution in [0, 0.1) is 11.8 Å². The Labute approximate surface area is 182 Å². The van der Waals surface area contributed by atoms with Gasteiger partial charge in [-0.15, -0.1) is 0 Å². The highest BCUT2D eigenvalue weighted by molar-refractivity contribution is 6.27. The number of hydrogen-bond donors (Lipinski definition) is 3. The second-order valence-corrected chi connectivity index (χ2v) is 8.20. The summed E-state index contributed by atoms with van der Waals surface area (Å²) in [6, 6.07) is 5.51. The molecule has 31 heavy (non-hydrogen) atoms. The van der Waals surface area contributed by atoms with Crippen molar-refractivity contribution in [2.45, 2.75) is 39.2 Å². The van der Waals surface area contributed by atoms with E-state index in [1.54, 1.807) is 13.2 Å². The SMILES string of the molecule is COc1cc(CN2CCC(C(=O)N3CCCC(C)C3)CC2)ccc1O.O=C(O)C(=O)O. The van der Waals surface area contributed by atoms with Crippen molar-refractivity contribution in [3.8, 4) is 11.5 Å². The summed E-state index contributed by atoms with van der Waals surface area (Å²) in [6.07, 6.45) is 4.28. The Kier molecular flexibility index (Phi) is 9.11. The number of carbonyl (C=O) groups is 3. The zero-order valence-electron chi connectivity index (χ0n) is 18.1. The molecule has 0 aromatic heterocycles. The zero-order chi connectivity index (χ0) is 23.0. The molecule has 1 unspecified atom stereocenters. The Hall–Kier alpha value is -2.81. The summed E-state index contributed by atoms with van der Waals surface area (Å²) < 4.78 is 5.18. The molecule has 1 atom stereocenters. The standard InChI is InChI=1S/C20H30N2O3.C2H2O4/c1-15-4-3-9-22(13-15)20(24)17-7-10-21(11-8-17)14-16-5-6-18(23)19(12-16)25-2;3-1(4)2(5)6/h5-6,12,15,17,23H,3-4,7-11,13-14H2,1-2H3;(H,3,4)(H,5,6). The van der Waals surface area contributed by atoms with Crippen LogP contribution in [0.25, 0.3) is 0 Å². The lowest BCUT2D eigenvalue weighted by atomic mass is 9.92. The molecule has 0 aliphatic carbocycles. The third kappa shape index (κ3) is 7.43. The molecule has 9 nitrogen and oxygen atoms in total. The first kappa shape index (κ1) is 24.5. The molecule has 2 fully saturated rings. The number of piperidine rings is 2. The second-order valence-electron chi connectivity index (χ2n) is 8.20. The molecule has 0 spiro atoms. The van der Waals surface area contributed by atoms with E-state index in [0.29, 0.717) is 17.6 Å². The van der Waals surface area contributed by atoms with Gasteiger partial charge < -0.3 is 25.0 Å². The zero-order valence-corrected chi connectivity index (χ0v) is 18.1. The number of phenols is 1. The van der Waals surface area contributed by atoms with Crippen molar-refractivity contribution < 1.29 is 34.4 Å². The van der Waals surface area contributed by atoms with Crippen LogP contribution in [0.15, 0.2) is 18.2 Å². The summed E-state index contributed by atoms with van der Waals surface area (Å²) in [6.45, 7) is 6.85. The fraction of sp³-hybridized carbons (Fsp3) is 0.591. The maximum absolute atomic E-state index is 12.7. The van der Waals surface area contributed by atoms with Gasteiger partial charge in [0.1, 0.15) is 0 Å². The molecule has 0 bridgehead atoms. The van der Waals surface area contributed by atoms with Gasteiger partial charge in [0.05, 0.1) is 7.11 Å². The molecule has 2 aliphatic rings. The number of amides is 1. The Balaban J connectivity index is 0.000000501. The lowest BCUT2D eigenvalue weighted by Crippen LogP contribution is -2.45. The molecule has 1 aromatic rings. The highest BCUT2D eigenvalue weighted by atomic mass is 16.5. The van der Waals surface area contributed by atoms with Gasteiger partial charge >= 0.3 is 11.9 Å². The molecule has 9 heteroatoms. The van der Waals surface area contributed by atoms with Crippen LogP contribution in [-0.4, -0.2) is 76.3 Å². The van der Waals surface area contributed by atoms with Crippen molar-refractivity contribution in [2.75, 3.05) is 33.3 Å². The average Bonchev–Trinajstić information content (AvgIpc) is 2.75. The van der Waals surface area contributed by atoms with Gasteiger partial charge in [-0.2, -0.15) is 0 Å². The third-order valence-electron chi connectivity index (χ3n) is 5.74. The fourth-order valence-corrected chi connectivity index (χ4v) is 4.06. The average molecular weight is 437 g/mol. The van der Waals surface area contributed by atoms with Gasteiger partial charge in [-0.3, -0.25) is 9.69 Å². The summed E-state index contributed by atoms with van der Waals surface area (Å²) in [5.41, 5.74) is 1.13. The molecular formula is C22H32N2O7. The fourth-order valence-electron chi connectivity index (χ4n) is 4.06. The molecule has 2 saturated heterocycles. The molecular weight excluding hydrogens is 404 g/mol. The first-order chi connectivity index (χ1) is 14.7. The van der Waals surface area contributed by atoms with Crippen molar-refractivity contribution in [3.63, 3.8) is 0 Å². The van der Waals surface area contributed by atoms with Crippen molar-refractivity contribution in [1.29, 1.82) is 0 Å². The molecule has 0 saturated carbocycles. The molecule has 3 rings (SSSR count). The van der Waals surface area contributed by atoms with Crippen molar-refractivity contribution in [2.24, 2.45) is 11.8 Å². The van der Waals surface area contributed by atoms with E-state index in [-0.39, 0.29) is 11.7 Å². The van der Waals surface area contributed by atoms with Gasteiger partial charge in [0.2, 0.25) is 5.91 Å². The molecule has 3 N–H and O–H groups in total. The lowest BCUT2D eigenvalue weighted by molar-refractivity contribution is -0.159. The van der Waals surface area contributed by atoms with Crippen LogP contribution in [0.2, 0.25) is 0 Å². The van der Waals surface area contributed by atoms with Crippen LogP contribution in [0.3, 0.4) is 0 Å². The summed E-state index contributed by atoms with van der Waals surface area (Å²) in [4.78, 5) is 35.4. The quantitative estimate of drug-likeness (QED) is 0.612. The highest BCUT2D eigenvalue weighted by Crippen LogP contribution is 2.28. The maximum Gasteiger partial charge on any atom is 0.414 e. The van der Waals surface area contributed by atoms with Crippen LogP contribution in [0.4, 0.5) is 0 Å². The van der Waals surface area contributed by atoms with Crippen LogP contribution in [-0.2, 0) is 20.9 Å². The van der Waals surface area contributed by atoms with Crippen molar-refractivity contribution in [3.05, 3.63) is 23.8 Å². The van der Waals surface area contributed by atoms with Gasteiger partial charge in [-0.25, -0.2) is 9.59 Å². The Morgan fingerprint density at radius 1 is 1.06 bits per heavy atom. The summed E-state index contributed by atoms with van der Waals surface area (Å²) in [5.74, 6) is -1.76. The van der Waals surface area contributed by atoms with Crippen LogP contribution in [0.1, 0.15) is 38.2 Å². The smallest absolute Gasteiger partial charge is 0.414 e. The third-order valence-corrected chi connectivity index (χ3v) is 5.74. The number of nitrogens with zero attached hydrogens (tertiary/aromatic N) is 2. The molecule has 2 aliphatic heterocycles. The van der Waals surface area contributed by atoms with E-state index < -0.39 is 11.9 Å². The molecule has 0 radical (unpaired) electrons. The largest absolute Gasteiger partial charge is 0.504 e. The van der Waals surface area contributed by atoms with Gasteiger partial charge in [0.25, 0.3) is 0 Å². The van der Waals surface area contributed by atoms with E-state index >= 15 is 0 Å². The highest BCUT2D eigenvalue weighted by Gasteiger charge is 2.30. The van der Waals surface area contributed by atoms with E-state index in [1.165, 1.54) is 6.42 Å². The number of aromatic hydroxyl groups is 1. The molecule has 2 heterocycles. The van der Waals surface area contributed by atoms with E-state index in [9.17, 15) is 9.90 Å². The summed E-state index contributed by atoms with van der Waals surface area (Å²) >= 11 is 0. The number of hydrogen-bond acceptors (Lipinski definition) is 6. The number of aliphatic carboxylic acids is 2. The van der Waals surface area contributed by atoms with Gasteiger partial charge in [-0.1, -0.05) is 13.0 Å². The topological polar surface area (TPSA) is 128 Å². The number of methoxy groups -OCH3 is 1. The summed E-state index contributed by atoms with van der Waals surface area (Å²) in [5, 5.41) is 24.5. The van der Waals surface area contributed by atoms with Crippen molar-refractivity contribution >= 4 is 17.8 Å². The number of carbonyl (C=O) groups excluding carboxylic acids is 1. The van der Waals surface area contributed by atoms with Crippen LogP contribution < -0.4 is 4.74 Å². The normalized spacial score (nSPS) is 19.8. The Morgan fingerprint density at radius 3 is 2.26 bits per heavy atom. The predicted octanol–water partition coefficient (Wildman–Crippen LogP) is 2.03. The van der Waals surface area contributed by atoms with Gasteiger partial charge in [-0.05, 0) is 62.4 Å². The number of phenolic OH excluding ortho intramolecular Hbond substituents is 1. The van der Waals surface area contributed by atoms with E-state index in [2.05, 4.69) is 16.7 Å². The molecule has 1 amide bonds. The van der Waals surface area contributed by atoms with E-state index in [4.69, 9.17) is 24.5 Å². The predicted molar refractivity (Wildman–Crippen MR) is 113 cm³/mol. The first-order valence-corrected chi connectivity index (χ1v) is 10.5. The summed E-state index contributed by atoms with van der Waals surface area (Å²) in [7, 11) is 1.57. The van der Waals surface area contributed by atoms with E-state index in [0.717, 1.165) is 57.5 Å². The Morgan fingerprint density at radius 2 is 1.71 bits per heavy atom. The number of ether oxygens (including phenoxy) is 1. The second kappa shape index (κ2) is 11.5. The number of likely N-dealkylation sites (tertiary alicyclic amines) is 2. The minimum Gasteiger partial charge on any atom is -0.504 e. The minimum atomic E-state index is -1.82. The number of carboxylic acid groups (broad SMARTS) is 2.